The second kappa shape index (κ2) is 10.6. The first kappa shape index (κ1) is 14.1. The van der Waals surface area contributed by atoms with E-state index in [4.69, 9.17) is 20.4 Å². The molecule has 0 spiro atoms. The Morgan fingerprint density at radius 1 is 0.923 bits per heavy atom. The molecule has 0 aromatic rings. The number of aliphatic hydroxyl groups excluding tert-OH is 2. The van der Waals surface area contributed by atoms with Gasteiger partial charge in [-0.05, 0) is 6.42 Å². The third-order valence-electron chi connectivity index (χ3n) is 0.685. The van der Waals surface area contributed by atoms with Crippen LogP contribution < -0.4 is 0 Å². The highest BCUT2D eigenvalue weighted by Crippen LogP contribution is 1.70. The third-order valence-corrected chi connectivity index (χ3v) is 0.685. The van der Waals surface area contributed by atoms with E-state index in [-0.39, 0.29) is 13.2 Å². The molecule has 0 atom stereocenters. The number of hydrogen-bond acceptors (Lipinski definition) is 4. The number of aliphatic hydroxyl groups is 2. The second-order valence-corrected chi connectivity index (χ2v) is 1.81. The molecule has 0 aliphatic heterocycles. The Hall–Kier alpha value is -1.40. The molecule has 0 saturated heterocycles. The van der Waals surface area contributed by atoms with Crippen LogP contribution in [0.1, 0.15) is 6.42 Å². The minimum Gasteiger partial charge on any atom is -0.478 e. The molecule has 0 aliphatic rings. The van der Waals surface area contributed by atoms with Crippen LogP contribution in [0.4, 0.5) is 0 Å². The second-order valence-electron chi connectivity index (χ2n) is 1.81. The van der Waals surface area contributed by atoms with Crippen LogP contribution in [0.3, 0.4) is 0 Å². The molecule has 0 fully saturated rings. The molecule has 0 amide bonds. The summed E-state index contributed by atoms with van der Waals surface area (Å²) in [6, 6.07) is 0. The number of carbonyl (C=O) groups is 2. The molecule has 0 radical (unpaired) electrons. The molecule has 76 valence electrons. The monoisotopic (exact) mass is 192 g/mol. The largest absolute Gasteiger partial charge is 0.478 e. The van der Waals surface area contributed by atoms with Crippen LogP contribution in [0.25, 0.3) is 0 Å². The summed E-state index contributed by atoms with van der Waals surface area (Å²) in [6.07, 6.45) is 1.62. The summed E-state index contributed by atoms with van der Waals surface area (Å²) in [4.78, 5) is 19.1. The van der Waals surface area contributed by atoms with E-state index < -0.39 is 11.9 Å². The summed E-state index contributed by atoms with van der Waals surface area (Å²) >= 11 is 0. The molecule has 6 heteroatoms. The zero-order valence-electron chi connectivity index (χ0n) is 6.88. The van der Waals surface area contributed by atoms with Crippen molar-refractivity contribution in [2.24, 2.45) is 0 Å². The molecule has 6 nitrogen and oxygen atoms in total. The smallest absolute Gasteiger partial charge is 0.328 e. The summed E-state index contributed by atoms with van der Waals surface area (Å²) in [6.45, 7) is 0.188. The fourth-order valence-corrected chi connectivity index (χ4v) is 0.213. The Morgan fingerprint density at radius 2 is 1.23 bits per heavy atom. The van der Waals surface area contributed by atoms with E-state index >= 15 is 0 Å². The minimum absolute atomic E-state index is 0.0938. The Labute approximate surface area is 74.7 Å². The maximum absolute atomic E-state index is 9.55. The standard InChI is InChI=1S/C4H4O4.C3H8O2/c5-3(6)1-2-4(7)8;4-2-1-3-5/h1-2H,(H,5,6)(H,7,8);4-5H,1-3H2. The first-order valence-corrected chi connectivity index (χ1v) is 3.40. The Bertz CT molecular complexity index is 156. The minimum atomic E-state index is -1.26. The van der Waals surface area contributed by atoms with Gasteiger partial charge >= 0.3 is 11.9 Å². The van der Waals surface area contributed by atoms with Crippen LogP contribution in [0.15, 0.2) is 12.2 Å². The van der Waals surface area contributed by atoms with Gasteiger partial charge in [0.1, 0.15) is 0 Å². The molecular formula is C7H12O6. The van der Waals surface area contributed by atoms with Crippen molar-refractivity contribution in [3.05, 3.63) is 12.2 Å². The van der Waals surface area contributed by atoms with Gasteiger partial charge in [-0.2, -0.15) is 0 Å². The van der Waals surface area contributed by atoms with Crippen molar-refractivity contribution in [1.29, 1.82) is 0 Å². The van der Waals surface area contributed by atoms with Crippen LogP contribution in [0.5, 0.6) is 0 Å². The number of aliphatic carboxylic acids is 2. The van der Waals surface area contributed by atoms with Gasteiger partial charge in [0.15, 0.2) is 0 Å². The first-order valence-electron chi connectivity index (χ1n) is 3.40. The van der Waals surface area contributed by atoms with E-state index in [2.05, 4.69) is 0 Å². The fraction of sp³-hybridized carbons (Fsp3) is 0.429. The molecule has 0 heterocycles. The number of hydrogen-bond donors (Lipinski definition) is 4. The first-order chi connectivity index (χ1) is 6.04. The van der Waals surface area contributed by atoms with Crippen LogP contribution in [0.2, 0.25) is 0 Å². The predicted octanol–water partition coefficient (Wildman–Crippen LogP) is -0.927. The van der Waals surface area contributed by atoms with Gasteiger partial charge < -0.3 is 20.4 Å². The quantitative estimate of drug-likeness (QED) is 0.428. The van der Waals surface area contributed by atoms with Gasteiger partial charge in [-0.15, -0.1) is 0 Å². The lowest BCUT2D eigenvalue weighted by molar-refractivity contribution is -0.134. The van der Waals surface area contributed by atoms with Crippen LogP contribution in [-0.2, 0) is 9.59 Å². The van der Waals surface area contributed by atoms with Crippen molar-refractivity contribution in [2.45, 2.75) is 6.42 Å². The molecular weight excluding hydrogens is 180 g/mol. The van der Waals surface area contributed by atoms with E-state index in [0.29, 0.717) is 18.6 Å². The summed E-state index contributed by atoms with van der Waals surface area (Å²) in [5.41, 5.74) is 0. The summed E-state index contributed by atoms with van der Waals surface area (Å²) < 4.78 is 0. The number of rotatable bonds is 4. The van der Waals surface area contributed by atoms with E-state index in [9.17, 15) is 9.59 Å². The van der Waals surface area contributed by atoms with Gasteiger partial charge in [-0.1, -0.05) is 0 Å². The maximum Gasteiger partial charge on any atom is 0.328 e. The van der Waals surface area contributed by atoms with Crippen molar-refractivity contribution in [1.82, 2.24) is 0 Å². The average molecular weight is 192 g/mol. The molecule has 0 aliphatic carbocycles. The Morgan fingerprint density at radius 3 is 1.31 bits per heavy atom. The Kier molecular flexibility index (Phi) is 11.5. The van der Waals surface area contributed by atoms with Crippen molar-refractivity contribution < 1.29 is 30.0 Å². The lowest BCUT2D eigenvalue weighted by Gasteiger charge is -1.79. The van der Waals surface area contributed by atoms with E-state index in [1.165, 1.54) is 0 Å². The molecule has 13 heavy (non-hydrogen) atoms. The molecule has 0 rings (SSSR count). The average Bonchev–Trinajstić information content (AvgIpc) is 2.03. The van der Waals surface area contributed by atoms with Crippen LogP contribution in [0, 0.1) is 0 Å². The van der Waals surface area contributed by atoms with Gasteiger partial charge in [-0.25, -0.2) is 9.59 Å². The van der Waals surface area contributed by atoms with E-state index in [0.717, 1.165) is 0 Å². The van der Waals surface area contributed by atoms with Gasteiger partial charge in [-0.3, -0.25) is 0 Å². The molecule has 0 saturated carbocycles. The van der Waals surface area contributed by atoms with Crippen molar-refractivity contribution in [3.63, 3.8) is 0 Å². The molecule has 0 bridgehead atoms. The maximum atomic E-state index is 9.55. The third kappa shape index (κ3) is 25.0. The SMILES string of the molecule is O=C(O)C=CC(=O)O.OCCCO. The van der Waals surface area contributed by atoms with Gasteiger partial charge in [0.05, 0.1) is 0 Å². The van der Waals surface area contributed by atoms with Crippen LogP contribution >= 0.6 is 0 Å². The van der Waals surface area contributed by atoms with Crippen LogP contribution in [-0.4, -0.2) is 45.6 Å². The lowest BCUT2D eigenvalue weighted by atomic mass is 10.5. The normalized spacial score (nSPS) is 9.08. The molecule has 4 N–H and O–H groups in total. The number of carboxylic acid groups (broad SMARTS) is 2. The zero-order chi connectivity index (χ0) is 10.7. The zero-order valence-corrected chi connectivity index (χ0v) is 6.88. The Balaban J connectivity index is 0. The predicted molar refractivity (Wildman–Crippen MR) is 43.2 cm³/mol. The summed E-state index contributed by atoms with van der Waals surface area (Å²) in [7, 11) is 0. The van der Waals surface area contributed by atoms with Gasteiger partial charge in [0.25, 0.3) is 0 Å². The van der Waals surface area contributed by atoms with Crippen molar-refractivity contribution in [2.75, 3.05) is 13.2 Å². The highest BCUT2D eigenvalue weighted by Gasteiger charge is 1.88. The topological polar surface area (TPSA) is 115 Å². The fourth-order valence-electron chi connectivity index (χ4n) is 0.213. The highest BCUT2D eigenvalue weighted by molar-refractivity contribution is 5.89. The van der Waals surface area contributed by atoms with E-state index in [1.807, 2.05) is 0 Å². The van der Waals surface area contributed by atoms with Gasteiger partial charge in [0, 0.05) is 25.4 Å². The van der Waals surface area contributed by atoms with Gasteiger partial charge in [0.2, 0.25) is 0 Å². The van der Waals surface area contributed by atoms with Crippen molar-refractivity contribution in [3.8, 4) is 0 Å². The van der Waals surface area contributed by atoms with E-state index in [1.54, 1.807) is 0 Å². The summed E-state index contributed by atoms with van der Waals surface area (Å²) in [5.74, 6) is -2.51. The molecule has 0 aromatic heterocycles. The number of carboxylic acids is 2. The lowest BCUT2D eigenvalue weighted by Crippen LogP contribution is -1.91. The summed E-state index contributed by atoms with van der Waals surface area (Å²) in [5, 5.41) is 31.4. The molecule has 0 unspecified atom stereocenters. The highest BCUT2D eigenvalue weighted by atomic mass is 16.4. The van der Waals surface area contributed by atoms with Crippen molar-refractivity contribution >= 4 is 11.9 Å². The molecule has 0 aromatic carbocycles.